The number of fused-ring (bicyclic) bond motifs is 4. The van der Waals surface area contributed by atoms with E-state index in [1.807, 2.05) is 88.7 Å². The maximum atomic E-state index is 14.0. The van der Waals surface area contributed by atoms with Crippen molar-refractivity contribution >= 4 is 29.6 Å². The Balaban J connectivity index is 1.19. The van der Waals surface area contributed by atoms with Gasteiger partial charge in [0.1, 0.15) is 0 Å². The number of hydrogen-bond donors (Lipinski definition) is 7. The molecular formula is C52H74N16O4. The summed E-state index contributed by atoms with van der Waals surface area (Å²) in [4.78, 5) is 78.5. The van der Waals surface area contributed by atoms with Gasteiger partial charge in [0.05, 0.1) is 35.9 Å². The first kappa shape index (κ1) is 53.4. The molecule has 2 aromatic heterocycles. The number of rotatable bonds is 14. The minimum atomic E-state index is -0.168. The molecule has 0 spiro atoms. The van der Waals surface area contributed by atoms with E-state index in [2.05, 4.69) is 41.6 Å². The van der Waals surface area contributed by atoms with Gasteiger partial charge in [0, 0.05) is 149 Å². The van der Waals surface area contributed by atoms with Crippen LogP contribution in [-0.2, 0) is 48.9 Å². The Morgan fingerprint density at radius 1 is 0.556 bits per heavy atom. The van der Waals surface area contributed by atoms with Crippen LogP contribution in [-0.4, -0.2) is 192 Å². The number of benzene rings is 2. The molecule has 4 amide bonds. The van der Waals surface area contributed by atoms with Crippen molar-refractivity contribution < 1.29 is 19.2 Å². The van der Waals surface area contributed by atoms with Gasteiger partial charge in [-0.25, -0.2) is 0 Å². The molecule has 2 aromatic carbocycles. The molecule has 20 heteroatoms. The highest BCUT2D eigenvalue weighted by Gasteiger charge is 2.25. The zero-order valence-corrected chi connectivity index (χ0v) is 41.7. The molecule has 4 bridgehead atoms. The summed E-state index contributed by atoms with van der Waals surface area (Å²) in [7, 11) is 0. The summed E-state index contributed by atoms with van der Waals surface area (Å²) in [6, 6.07) is 27.6. The predicted molar refractivity (Wildman–Crippen MR) is 277 cm³/mol. The normalized spacial score (nSPS) is 17.3. The van der Waals surface area contributed by atoms with Gasteiger partial charge >= 0.3 is 0 Å². The molecule has 7 rings (SSSR count). The van der Waals surface area contributed by atoms with E-state index in [0.29, 0.717) is 142 Å². The molecule has 4 aromatic rings. The Morgan fingerprint density at radius 2 is 1.11 bits per heavy atom. The van der Waals surface area contributed by atoms with Crippen molar-refractivity contribution in [3.8, 4) is 0 Å². The van der Waals surface area contributed by atoms with E-state index in [9.17, 15) is 19.2 Å². The first-order valence-electron chi connectivity index (χ1n) is 25.3. The third-order valence-electron chi connectivity index (χ3n) is 13.2. The number of nitrogens with one attached hydrogen (secondary N) is 4. The van der Waals surface area contributed by atoms with Crippen LogP contribution in [0.25, 0.3) is 0 Å². The van der Waals surface area contributed by atoms with Gasteiger partial charge in [0.2, 0.25) is 11.8 Å². The van der Waals surface area contributed by atoms with E-state index < -0.39 is 0 Å². The van der Waals surface area contributed by atoms with Gasteiger partial charge < -0.3 is 47.9 Å². The van der Waals surface area contributed by atoms with E-state index in [1.165, 1.54) is 0 Å². The molecule has 2 saturated heterocycles. The number of amides is 4. The molecule has 0 radical (unpaired) electrons. The molecule has 0 aliphatic carbocycles. The lowest BCUT2D eigenvalue weighted by Gasteiger charge is -2.36. The van der Waals surface area contributed by atoms with Crippen LogP contribution in [0.4, 0.5) is 0 Å². The molecule has 20 nitrogen and oxygen atoms in total. The Labute approximate surface area is 423 Å². The van der Waals surface area contributed by atoms with Crippen LogP contribution in [0.1, 0.15) is 61.0 Å². The molecule has 0 unspecified atom stereocenters. The summed E-state index contributed by atoms with van der Waals surface area (Å²) in [6.07, 6.45) is 0.747. The number of piperazine rings is 2. The van der Waals surface area contributed by atoms with Crippen molar-refractivity contribution in [2.45, 2.75) is 45.7 Å². The number of carbonyl (C=O) groups excluding carboxylic acids is 4. The topological polar surface area (TPSA) is 255 Å². The fourth-order valence-corrected chi connectivity index (χ4v) is 9.37. The van der Waals surface area contributed by atoms with Gasteiger partial charge in [0.15, 0.2) is 5.96 Å². The molecule has 5 heterocycles. The van der Waals surface area contributed by atoms with Crippen molar-refractivity contribution in [1.82, 2.24) is 60.2 Å². The molecular weight excluding hydrogens is 913 g/mol. The second-order valence-corrected chi connectivity index (χ2v) is 18.8. The van der Waals surface area contributed by atoms with Crippen molar-refractivity contribution in [3.63, 3.8) is 0 Å². The van der Waals surface area contributed by atoms with Gasteiger partial charge in [-0.2, -0.15) is 0 Å². The van der Waals surface area contributed by atoms with Crippen LogP contribution in [0.15, 0.2) is 84.9 Å². The van der Waals surface area contributed by atoms with Crippen molar-refractivity contribution in [2.75, 3.05) is 118 Å². The standard InChI is InChI=1S/C52H74N16O4/c53-15-17-58-48(69)38-63-22-4-21-62(33-41-5-1-6-43(31-41)51(72)67-23-19-57-20-24-67)25-26-64(32-40-11-13-42(14-12-40)50(71)59-18-16-54)35-45-8-3-10-47(61-45)37-65(36-46-9-2-7-44(34-63)60-46)39-49(70)66-27-29-68(30-28-66)52(55)56/h1-3,5-14,31,57H,4,15-30,32-39,53-54H2,(H3,55,56)(H,58,69)(H,59,71). The lowest BCUT2D eigenvalue weighted by molar-refractivity contribution is -0.134. The summed E-state index contributed by atoms with van der Waals surface area (Å²) in [5, 5.41) is 17.0. The summed E-state index contributed by atoms with van der Waals surface area (Å²) >= 11 is 0. The monoisotopic (exact) mass is 987 g/mol. The van der Waals surface area contributed by atoms with E-state index in [1.54, 1.807) is 4.90 Å². The molecule has 2 fully saturated rings. The van der Waals surface area contributed by atoms with E-state index in [-0.39, 0.29) is 42.7 Å². The predicted octanol–water partition coefficient (Wildman–Crippen LogP) is 0.0354. The number of aromatic nitrogens is 2. The third-order valence-corrected chi connectivity index (χ3v) is 13.2. The average molecular weight is 987 g/mol. The fraction of sp³-hybridized carbons (Fsp3) is 0.481. The second kappa shape index (κ2) is 27.4. The zero-order chi connectivity index (χ0) is 50.7. The van der Waals surface area contributed by atoms with Crippen LogP contribution in [0.2, 0.25) is 0 Å². The maximum Gasteiger partial charge on any atom is 0.253 e. The van der Waals surface area contributed by atoms with E-state index in [0.717, 1.165) is 53.4 Å². The SMILES string of the molecule is N=C(N)N1CCN(C(=O)CN2Cc3cccc(n3)CN(CC(=O)NCCN)CCCN(Cc3cccc(C(=O)N4CCNCC4)c3)CCN(Cc3ccc(C(=O)NCCN)cc3)Cc3cccc(n3)C2)CC1. The van der Waals surface area contributed by atoms with Crippen LogP contribution in [0, 0.1) is 5.41 Å². The van der Waals surface area contributed by atoms with Gasteiger partial charge in [-0.1, -0.05) is 36.4 Å². The molecule has 3 aliphatic heterocycles. The molecule has 386 valence electrons. The summed E-state index contributed by atoms with van der Waals surface area (Å²) in [6.45, 7) is 12.3. The van der Waals surface area contributed by atoms with Crippen molar-refractivity contribution in [2.24, 2.45) is 17.2 Å². The Hall–Kier alpha value is -6.39. The zero-order valence-electron chi connectivity index (χ0n) is 41.7. The first-order valence-corrected chi connectivity index (χ1v) is 25.3. The molecule has 10 N–H and O–H groups in total. The summed E-state index contributed by atoms with van der Waals surface area (Å²) in [5.74, 6) is -0.247. The number of nitrogens with zero attached hydrogens (tertiary/aromatic N) is 9. The number of hydrogen-bond acceptors (Lipinski definition) is 14. The minimum absolute atomic E-state index is 0.00944. The Bertz CT molecular complexity index is 2410. The van der Waals surface area contributed by atoms with Gasteiger partial charge in [-0.05, 0) is 72.6 Å². The summed E-state index contributed by atoms with van der Waals surface area (Å²) < 4.78 is 0. The maximum absolute atomic E-state index is 14.0. The number of carbonyl (C=O) groups is 4. The third kappa shape index (κ3) is 16.6. The highest BCUT2D eigenvalue weighted by Crippen LogP contribution is 2.18. The van der Waals surface area contributed by atoms with Crippen LogP contribution >= 0.6 is 0 Å². The van der Waals surface area contributed by atoms with Crippen LogP contribution in [0.5, 0.6) is 0 Å². The number of guanidine groups is 1. The largest absolute Gasteiger partial charge is 0.370 e. The quantitative estimate of drug-likeness (QED) is 0.0651. The molecule has 72 heavy (non-hydrogen) atoms. The lowest BCUT2D eigenvalue weighted by Crippen LogP contribution is -2.53. The Kier molecular flexibility index (Phi) is 20.4. The highest BCUT2D eigenvalue weighted by atomic mass is 16.2. The van der Waals surface area contributed by atoms with Gasteiger partial charge in [-0.15, -0.1) is 0 Å². The van der Waals surface area contributed by atoms with Crippen molar-refractivity contribution in [3.05, 3.63) is 130 Å². The number of pyridine rings is 2. The first-order chi connectivity index (χ1) is 35.0. The Morgan fingerprint density at radius 3 is 1.75 bits per heavy atom. The van der Waals surface area contributed by atoms with E-state index in [4.69, 9.17) is 32.6 Å². The van der Waals surface area contributed by atoms with Gasteiger partial charge in [-0.3, -0.25) is 54.2 Å². The van der Waals surface area contributed by atoms with Crippen LogP contribution in [0.3, 0.4) is 0 Å². The molecule has 0 saturated carbocycles. The fourth-order valence-electron chi connectivity index (χ4n) is 9.37. The second-order valence-electron chi connectivity index (χ2n) is 18.8. The highest BCUT2D eigenvalue weighted by molar-refractivity contribution is 5.95. The molecule has 0 atom stereocenters. The van der Waals surface area contributed by atoms with Crippen molar-refractivity contribution in [1.29, 1.82) is 5.41 Å². The average Bonchev–Trinajstić information content (AvgIpc) is 3.39. The van der Waals surface area contributed by atoms with Crippen LogP contribution < -0.4 is 33.2 Å². The lowest BCUT2D eigenvalue weighted by atomic mass is 10.1. The molecule has 3 aliphatic rings. The summed E-state index contributed by atoms with van der Waals surface area (Å²) in [5.41, 5.74) is 23.8. The minimum Gasteiger partial charge on any atom is -0.370 e. The van der Waals surface area contributed by atoms with E-state index >= 15 is 0 Å². The van der Waals surface area contributed by atoms with Gasteiger partial charge in [0.25, 0.3) is 11.8 Å². The smallest absolute Gasteiger partial charge is 0.253 e. The number of nitrogens with two attached hydrogens (primary N) is 3.